The lowest BCUT2D eigenvalue weighted by molar-refractivity contribution is -0.385. The van der Waals surface area contributed by atoms with Crippen LogP contribution in [0.3, 0.4) is 0 Å². The second-order valence-corrected chi connectivity index (χ2v) is 5.56. The lowest BCUT2D eigenvalue weighted by Gasteiger charge is -2.17. The van der Waals surface area contributed by atoms with E-state index in [1.807, 2.05) is 0 Å². The van der Waals surface area contributed by atoms with E-state index < -0.39 is 16.2 Å². The van der Waals surface area contributed by atoms with Gasteiger partial charge in [0.1, 0.15) is 0 Å². The van der Waals surface area contributed by atoms with E-state index in [-0.39, 0.29) is 23.6 Å². The second-order valence-electron chi connectivity index (χ2n) is 5.56. The zero-order valence-electron chi connectivity index (χ0n) is 12.0. The number of amides is 1. The van der Waals surface area contributed by atoms with Gasteiger partial charge in [-0.05, 0) is 13.0 Å². The Morgan fingerprint density at radius 1 is 1.30 bits per heavy atom. The van der Waals surface area contributed by atoms with Crippen LogP contribution in [0.2, 0.25) is 0 Å². The minimum atomic E-state index is -0.537. The Hall–Kier alpha value is -2.24. The molecule has 108 valence electrons. The van der Waals surface area contributed by atoms with E-state index in [2.05, 4.69) is 5.32 Å². The van der Waals surface area contributed by atoms with Crippen molar-refractivity contribution in [2.24, 2.45) is 5.41 Å². The van der Waals surface area contributed by atoms with Crippen LogP contribution in [0.25, 0.3) is 0 Å². The van der Waals surface area contributed by atoms with Gasteiger partial charge in [-0.25, -0.2) is 0 Å². The number of carbonyl (C=O) groups is 2. The molecule has 0 fully saturated rings. The van der Waals surface area contributed by atoms with Crippen LogP contribution in [0.15, 0.2) is 18.2 Å². The lowest BCUT2D eigenvalue weighted by Crippen LogP contribution is -2.35. The Kier molecular flexibility index (Phi) is 4.60. The highest BCUT2D eigenvalue weighted by atomic mass is 16.6. The largest absolute Gasteiger partial charge is 0.345 e. The van der Waals surface area contributed by atoms with Crippen molar-refractivity contribution >= 4 is 17.4 Å². The molecule has 0 aliphatic carbocycles. The minimum absolute atomic E-state index is 0.0928. The quantitative estimate of drug-likeness (QED) is 0.675. The summed E-state index contributed by atoms with van der Waals surface area (Å²) >= 11 is 0. The number of hydrogen-bond acceptors (Lipinski definition) is 4. The molecule has 6 nitrogen and oxygen atoms in total. The van der Waals surface area contributed by atoms with Gasteiger partial charge in [0.2, 0.25) is 0 Å². The zero-order valence-corrected chi connectivity index (χ0v) is 12.0. The van der Waals surface area contributed by atoms with Crippen LogP contribution in [-0.2, 0) is 4.79 Å². The smallest absolute Gasteiger partial charge is 0.273 e. The summed E-state index contributed by atoms with van der Waals surface area (Å²) in [4.78, 5) is 34.0. The molecule has 0 atom stereocenters. The molecule has 0 aliphatic rings. The average molecular weight is 278 g/mol. The maximum Gasteiger partial charge on any atom is 0.273 e. The number of hydrogen-bond donors (Lipinski definition) is 1. The molecule has 0 saturated heterocycles. The van der Waals surface area contributed by atoms with E-state index in [0.717, 1.165) is 0 Å². The van der Waals surface area contributed by atoms with Gasteiger partial charge >= 0.3 is 0 Å². The summed E-state index contributed by atoms with van der Waals surface area (Å²) in [7, 11) is 0. The summed E-state index contributed by atoms with van der Waals surface area (Å²) in [5, 5.41) is 13.3. The van der Waals surface area contributed by atoms with E-state index in [1.54, 1.807) is 20.8 Å². The Labute approximate surface area is 117 Å². The minimum Gasteiger partial charge on any atom is -0.345 e. The van der Waals surface area contributed by atoms with Crippen molar-refractivity contribution in [1.29, 1.82) is 0 Å². The van der Waals surface area contributed by atoms with Crippen molar-refractivity contribution < 1.29 is 14.5 Å². The van der Waals surface area contributed by atoms with Gasteiger partial charge in [-0.3, -0.25) is 19.7 Å². The highest BCUT2D eigenvalue weighted by molar-refractivity contribution is 5.99. The molecule has 1 rings (SSSR count). The van der Waals surface area contributed by atoms with Crippen LogP contribution in [0, 0.1) is 22.5 Å². The third kappa shape index (κ3) is 3.63. The van der Waals surface area contributed by atoms with Crippen molar-refractivity contribution in [2.75, 3.05) is 6.54 Å². The maximum absolute atomic E-state index is 12.0. The van der Waals surface area contributed by atoms with Crippen molar-refractivity contribution in [3.05, 3.63) is 39.4 Å². The molecule has 0 radical (unpaired) electrons. The number of Topliss-reactive ketones (excluding diaryl/α,β-unsaturated/α-hetero) is 1. The SMILES string of the molecule is Cc1c(C(=O)NCC(=O)C(C)(C)C)cccc1[N+](=O)[O-]. The first-order chi connectivity index (χ1) is 9.14. The molecule has 1 aromatic rings. The van der Waals surface area contributed by atoms with Crippen LogP contribution in [0.1, 0.15) is 36.7 Å². The number of ketones is 1. The van der Waals surface area contributed by atoms with Gasteiger partial charge in [0.15, 0.2) is 5.78 Å². The topological polar surface area (TPSA) is 89.3 Å². The van der Waals surface area contributed by atoms with Gasteiger partial charge in [-0.15, -0.1) is 0 Å². The van der Waals surface area contributed by atoms with Gasteiger partial charge in [0.25, 0.3) is 11.6 Å². The van der Waals surface area contributed by atoms with E-state index in [4.69, 9.17) is 0 Å². The van der Waals surface area contributed by atoms with Crippen molar-refractivity contribution in [3.63, 3.8) is 0 Å². The number of nitrogens with one attached hydrogen (secondary N) is 1. The monoisotopic (exact) mass is 278 g/mol. The van der Waals surface area contributed by atoms with E-state index in [0.29, 0.717) is 5.56 Å². The lowest BCUT2D eigenvalue weighted by atomic mass is 9.91. The van der Waals surface area contributed by atoms with Gasteiger partial charge in [-0.1, -0.05) is 26.8 Å². The highest BCUT2D eigenvalue weighted by Crippen LogP contribution is 2.21. The summed E-state index contributed by atoms with van der Waals surface area (Å²) in [5.74, 6) is -0.585. The molecule has 0 saturated carbocycles. The van der Waals surface area contributed by atoms with Crippen LogP contribution >= 0.6 is 0 Å². The predicted octanol–water partition coefficient (Wildman–Crippen LogP) is 2.25. The number of nitro benzene ring substituents is 1. The van der Waals surface area contributed by atoms with E-state index in [9.17, 15) is 19.7 Å². The summed E-state index contributed by atoms with van der Waals surface area (Å²) < 4.78 is 0. The zero-order chi connectivity index (χ0) is 15.5. The summed E-state index contributed by atoms with van der Waals surface area (Å²) in [6.45, 7) is 6.71. The fourth-order valence-corrected chi connectivity index (χ4v) is 1.59. The standard InChI is InChI=1S/C14H18N2O4/c1-9-10(6-5-7-11(9)16(19)20)13(18)15-8-12(17)14(2,3)4/h5-7H,8H2,1-4H3,(H,15,18). The second kappa shape index (κ2) is 5.81. The molecule has 0 aromatic heterocycles. The number of carbonyl (C=O) groups excluding carboxylic acids is 2. The summed E-state index contributed by atoms with van der Waals surface area (Å²) in [6, 6.07) is 4.29. The Balaban J connectivity index is 2.87. The molecule has 0 bridgehead atoms. The molecule has 1 N–H and O–H groups in total. The number of benzene rings is 1. The number of nitro groups is 1. The van der Waals surface area contributed by atoms with Gasteiger partial charge in [-0.2, -0.15) is 0 Å². The van der Waals surface area contributed by atoms with E-state index >= 15 is 0 Å². The van der Waals surface area contributed by atoms with Crippen LogP contribution < -0.4 is 5.32 Å². The Morgan fingerprint density at radius 2 is 1.90 bits per heavy atom. The summed E-state index contributed by atoms with van der Waals surface area (Å²) in [6.07, 6.45) is 0. The fraction of sp³-hybridized carbons (Fsp3) is 0.429. The van der Waals surface area contributed by atoms with Crippen LogP contribution in [0.5, 0.6) is 0 Å². The predicted molar refractivity (Wildman–Crippen MR) is 74.6 cm³/mol. The van der Waals surface area contributed by atoms with Crippen LogP contribution in [0.4, 0.5) is 5.69 Å². The number of nitrogens with zero attached hydrogens (tertiary/aromatic N) is 1. The molecule has 20 heavy (non-hydrogen) atoms. The van der Waals surface area contributed by atoms with Crippen molar-refractivity contribution in [3.8, 4) is 0 Å². The first-order valence-corrected chi connectivity index (χ1v) is 6.20. The van der Waals surface area contributed by atoms with Crippen molar-refractivity contribution in [1.82, 2.24) is 5.32 Å². The molecule has 6 heteroatoms. The van der Waals surface area contributed by atoms with E-state index in [1.165, 1.54) is 25.1 Å². The van der Waals surface area contributed by atoms with Gasteiger partial charge in [0.05, 0.1) is 11.5 Å². The third-order valence-electron chi connectivity index (χ3n) is 2.99. The molecule has 1 aromatic carbocycles. The third-order valence-corrected chi connectivity index (χ3v) is 2.99. The molecule has 0 unspecified atom stereocenters. The van der Waals surface area contributed by atoms with Crippen LogP contribution in [-0.4, -0.2) is 23.2 Å². The fourth-order valence-electron chi connectivity index (χ4n) is 1.59. The summed E-state index contributed by atoms with van der Waals surface area (Å²) in [5.41, 5.74) is -0.149. The van der Waals surface area contributed by atoms with Crippen molar-refractivity contribution in [2.45, 2.75) is 27.7 Å². The highest BCUT2D eigenvalue weighted by Gasteiger charge is 2.23. The average Bonchev–Trinajstić information content (AvgIpc) is 2.34. The first kappa shape index (κ1) is 15.8. The molecule has 0 aliphatic heterocycles. The Bertz CT molecular complexity index is 559. The maximum atomic E-state index is 12.0. The molecular formula is C14H18N2O4. The van der Waals surface area contributed by atoms with Gasteiger partial charge in [0, 0.05) is 22.6 Å². The Morgan fingerprint density at radius 3 is 2.40 bits per heavy atom. The molecular weight excluding hydrogens is 260 g/mol. The normalized spacial score (nSPS) is 11.0. The van der Waals surface area contributed by atoms with Gasteiger partial charge < -0.3 is 5.32 Å². The molecule has 0 heterocycles. The molecule has 0 spiro atoms. The number of rotatable bonds is 4. The first-order valence-electron chi connectivity index (χ1n) is 6.20. The molecule has 1 amide bonds.